The monoisotopic (exact) mass is 282 g/mol. The molecule has 0 radical (unpaired) electrons. The van der Waals surface area contributed by atoms with Crippen molar-refractivity contribution in [1.82, 2.24) is 0 Å². The molecule has 0 saturated carbocycles. The summed E-state index contributed by atoms with van der Waals surface area (Å²) < 4.78 is 0.733. The van der Waals surface area contributed by atoms with E-state index >= 15 is 0 Å². The number of aliphatic carboxylic acids is 1. The number of rotatable bonds is 5. The highest BCUT2D eigenvalue weighted by Crippen LogP contribution is 2.28. The van der Waals surface area contributed by atoms with Crippen molar-refractivity contribution < 1.29 is 14.7 Å². The molecule has 16 heavy (non-hydrogen) atoms. The third kappa shape index (κ3) is 2.79. The first-order valence-corrected chi connectivity index (χ1v) is 5.49. The number of carboxylic acids is 1. The number of carbonyl (C=O) groups is 2. The van der Waals surface area contributed by atoms with Crippen molar-refractivity contribution in [3.8, 4) is 0 Å². The zero-order valence-corrected chi connectivity index (χ0v) is 10.1. The molecule has 0 saturated heterocycles. The van der Waals surface area contributed by atoms with Crippen molar-refractivity contribution in [3.63, 3.8) is 0 Å². The molecule has 1 aromatic carbocycles. The summed E-state index contributed by atoms with van der Waals surface area (Å²) in [6, 6.07) is 7.09. The van der Waals surface area contributed by atoms with Crippen LogP contribution in [0.5, 0.6) is 0 Å². The number of allylic oxidation sites excluding steroid dienone is 1. The molecule has 0 bridgehead atoms. The Morgan fingerprint density at radius 2 is 2.06 bits per heavy atom. The van der Waals surface area contributed by atoms with Gasteiger partial charge in [0.05, 0.1) is 5.92 Å². The van der Waals surface area contributed by atoms with E-state index in [1.807, 2.05) is 6.07 Å². The van der Waals surface area contributed by atoms with Gasteiger partial charge in [0.1, 0.15) is 0 Å². The van der Waals surface area contributed by atoms with Gasteiger partial charge in [0, 0.05) is 4.47 Å². The van der Waals surface area contributed by atoms with Crippen LogP contribution < -0.4 is 0 Å². The Labute approximate surface area is 102 Å². The molecule has 0 aromatic heterocycles. The van der Waals surface area contributed by atoms with Gasteiger partial charge in [0.25, 0.3) is 0 Å². The van der Waals surface area contributed by atoms with Crippen LogP contribution in [-0.4, -0.2) is 16.9 Å². The molecule has 0 aliphatic carbocycles. The van der Waals surface area contributed by atoms with Crippen molar-refractivity contribution in [2.75, 3.05) is 0 Å². The predicted octanol–water partition coefficient (Wildman–Crippen LogP) is 2.76. The highest BCUT2D eigenvalue weighted by molar-refractivity contribution is 9.10. The fraction of sp³-hybridized carbons (Fsp3) is 0.167. The Bertz CT molecular complexity index is 426. The van der Waals surface area contributed by atoms with Crippen LogP contribution in [0.3, 0.4) is 0 Å². The minimum absolute atomic E-state index is 0.313. The van der Waals surface area contributed by atoms with E-state index in [9.17, 15) is 9.59 Å². The summed E-state index contributed by atoms with van der Waals surface area (Å²) in [6.07, 6.45) is 1.86. The van der Waals surface area contributed by atoms with Gasteiger partial charge < -0.3 is 5.11 Å². The zero-order valence-electron chi connectivity index (χ0n) is 8.52. The maximum Gasteiger partial charge on any atom is 0.372 e. The smallest absolute Gasteiger partial charge is 0.372 e. The number of Topliss-reactive ketones (excluding diaryl/α,β-unsaturated/α-hetero) is 1. The minimum atomic E-state index is -1.41. The molecule has 0 aliphatic heterocycles. The highest BCUT2D eigenvalue weighted by Gasteiger charge is 2.26. The van der Waals surface area contributed by atoms with E-state index in [4.69, 9.17) is 5.11 Å². The molecule has 84 valence electrons. The van der Waals surface area contributed by atoms with Crippen molar-refractivity contribution in [3.05, 3.63) is 47.0 Å². The summed E-state index contributed by atoms with van der Waals surface area (Å²) in [7, 11) is 0. The Morgan fingerprint density at radius 1 is 1.44 bits per heavy atom. The van der Waals surface area contributed by atoms with Crippen molar-refractivity contribution in [2.45, 2.75) is 12.3 Å². The van der Waals surface area contributed by atoms with E-state index in [1.165, 1.54) is 0 Å². The maximum atomic E-state index is 11.5. The van der Waals surface area contributed by atoms with Gasteiger partial charge in [-0.1, -0.05) is 40.2 Å². The normalized spacial score (nSPS) is 11.8. The van der Waals surface area contributed by atoms with Crippen molar-refractivity contribution in [1.29, 1.82) is 0 Å². The standard InChI is InChI=1S/C12H11BrO3/c1-2-5-9(11(14)12(15)16)8-6-3-4-7-10(8)13/h2-4,6-7,9H,1,5H2,(H,15,16). The lowest BCUT2D eigenvalue weighted by Crippen LogP contribution is -2.21. The molecular formula is C12H11BrO3. The topological polar surface area (TPSA) is 54.4 Å². The lowest BCUT2D eigenvalue weighted by atomic mass is 9.91. The Morgan fingerprint density at radius 3 is 2.56 bits per heavy atom. The number of carboxylic acid groups (broad SMARTS) is 1. The van der Waals surface area contributed by atoms with Gasteiger partial charge in [-0.25, -0.2) is 4.79 Å². The van der Waals surface area contributed by atoms with Gasteiger partial charge in [-0.2, -0.15) is 0 Å². The first-order valence-electron chi connectivity index (χ1n) is 4.70. The molecule has 0 amide bonds. The van der Waals surface area contributed by atoms with Crippen LogP contribution in [0.4, 0.5) is 0 Å². The molecule has 1 unspecified atom stereocenters. The molecular weight excluding hydrogens is 272 g/mol. The Kier molecular flexibility index (Phi) is 4.43. The molecule has 1 N–H and O–H groups in total. The number of halogens is 1. The quantitative estimate of drug-likeness (QED) is 0.667. The van der Waals surface area contributed by atoms with E-state index in [0.717, 1.165) is 4.47 Å². The number of benzene rings is 1. The Hall–Kier alpha value is -1.42. The second kappa shape index (κ2) is 5.61. The van der Waals surface area contributed by atoms with Gasteiger partial charge in [0.2, 0.25) is 5.78 Å². The summed E-state index contributed by atoms with van der Waals surface area (Å²) in [6.45, 7) is 3.54. The van der Waals surface area contributed by atoms with E-state index in [-0.39, 0.29) is 0 Å². The average Bonchev–Trinajstić information content (AvgIpc) is 2.26. The van der Waals surface area contributed by atoms with Gasteiger partial charge in [-0.3, -0.25) is 4.79 Å². The summed E-state index contributed by atoms with van der Waals surface area (Å²) in [5, 5.41) is 8.73. The Balaban J connectivity index is 3.12. The van der Waals surface area contributed by atoms with Gasteiger partial charge in [-0.05, 0) is 18.1 Å². The third-order valence-corrected chi connectivity index (χ3v) is 2.93. The highest BCUT2D eigenvalue weighted by atomic mass is 79.9. The van der Waals surface area contributed by atoms with E-state index < -0.39 is 17.7 Å². The number of hydrogen-bond donors (Lipinski definition) is 1. The third-order valence-electron chi connectivity index (χ3n) is 2.21. The van der Waals surface area contributed by atoms with E-state index in [2.05, 4.69) is 22.5 Å². The molecule has 0 aliphatic rings. The van der Waals surface area contributed by atoms with Crippen LogP contribution in [0.1, 0.15) is 17.9 Å². The van der Waals surface area contributed by atoms with Gasteiger partial charge in [0.15, 0.2) is 0 Å². The summed E-state index contributed by atoms with van der Waals surface area (Å²) in [5.74, 6) is -2.90. The fourth-order valence-electron chi connectivity index (χ4n) is 1.45. The van der Waals surface area contributed by atoms with Gasteiger partial charge in [-0.15, -0.1) is 6.58 Å². The zero-order chi connectivity index (χ0) is 12.1. The van der Waals surface area contributed by atoms with E-state index in [0.29, 0.717) is 12.0 Å². The largest absolute Gasteiger partial charge is 0.475 e. The predicted molar refractivity (Wildman–Crippen MR) is 64.3 cm³/mol. The average molecular weight is 283 g/mol. The maximum absolute atomic E-state index is 11.5. The summed E-state index contributed by atoms with van der Waals surface area (Å²) >= 11 is 3.30. The van der Waals surface area contributed by atoms with Crippen LogP contribution in [0.2, 0.25) is 0 Å². The second-order valence-electron chi connectivity index (χ2n) is 3.27. The van der Waals surface area contributed by atoms with Crippen molar-refractivity contribution >= 4 is 27.7 Å². The molecule has 1 aromatic rings. The second-order valence-corrected chi connectivity index (χ2v) is 4.12. The number of carbonyl (C=O) groups excluding carboxylic acids is 1. The molecule has 4 heteroatoms. The van der Waals surface area contributed by atoms with E-state index in [1.54, 1.807) is 24.3 Å². The molecule has 0 spiro atoms. The number of ketones is 1. The van der Waals surface area contributed by atoms with Crippen LogP contribution in [0.15, 0.2) is 41.4 Å². The van der Waals surface area contributed by atoms with Crippen LogP contribution >= 0.6 is 15.9 Å². The molecule has 1 atom stereocenters. The molecule has 0 heterocycles. The van der Waals surface area contributed by atoms with Gasteiger partial charge >= 0.3 is 5.97 Å². The first kappa shape index (κ1) is 12.6. The minimum Gasteiger partial charge on any atom is -0.475 e. The van der Waals surface area contributed by atoms with Crippen LogP contribution in [0, 0.1) is 0 Å². The summed E-state index contributed by atoms with van der Waals surface area (Å²) in [4.78, 5) is 22.2. The SMILES string of the molecule is C=CCC(C(=O)C(=O)O)c1ccccc1Br. The molecule has 3 nitrogen and oxygen atoms in total. The van der Waals surface area contributed by atoms with Crippen LogP contribution in [0.25, 0.3) is 0 Å². The summed E-state index contributed by atoms with van der Waals surface area (Å²) in [5.41, 5.74) is 0.676. The lowest BCUT2D eigenvalue weighted by molar-refractivity contribution is -0.149. The molecule has 0 fully saturated rings. The first-order chi connectivity index (χ1) is 7.57. The number of hydrogen-bond acceptors (Lipinski definition) is 2. The van der Waals surface area contributed by atoms with Crippen LogP contribution in [-0.2, 0) is 9.59 Å². The fourth-order valence-corrected chi connectivity index (χ4v) is 2.01. The van der Waals surface area contributed by atoms with Crippen molar-refractivity contribution in [2.24, 2.45) is 0 Å². The lowest BCUT2D eigenvalue weighted by Gasteiger charge is -2.13. The molecule has 1 rings (SSSR count).